The fourth-order valence-electron chi connectivity index (χ4n) is 2.88. The van der Waals surface area contributed by atoms with Crippen molar-refractivity contribution in [3.8, 4) is 5.75 Å². The number of methoxy groups -OCH3 is 1. The summed E-state index contributed by atoms with van der Waals surface area (Å²) in [5.74, 6) is 0.825. The Morgan fingerprint density at radius 2 is 2.10 bits per heavy atom. The zero-order valence-electron chi connectivity index (χ0n) is 13.0. The molecule has 1 N–H and O–H groups in total. The molecule has 0 aromatic carbocycles. The van der Waals surface area contributed by atoms with Gasteiger partial charge in [0, 0.05) is 13.3 Å². The standard InChI is InChI=1S/C16H26N2O2/c1-5-18-15(16(19-4)7-6-8-16)13-9-14(11-17-10-13)20-12(2)3/h9-12,15,18H,5-8H2,1-4H3. The van der Waals surface area contributed by atoms with Gasteiger partial charge in [-0.05, 0) is 51.3 Å². The Bertz CT molecular complexity index is 425. The normalized spacial score (nSPS) is 18.6. The van der Waals surface area contributed by atoms with E-state index in [2.05, 4.69) is 23.3 Å². The number of nitrogens with zero attached hydrogens (tertiary/aromatic N) is 1. The molecule has 1 atom stereocenters. The summed E-state index contributed by atoms with van der Waals surface area (Å²) in [6, 6.07) is 2.26. The summed E-state index contributed by atoms with van der Waals surface area (Å²) in [5.41, 5.74) is 1.06. The van der Waals surface area contributed by atoms with Crippen LogP contribution in [0.1, 0.15) is 51.6 Å². The second kappa shape index (κ2) is 6.55. The van der Waals surface area contributed by atoms with E-state index in [1.54, 1.807) is 6.20 Å². The summed E-state index contributed by atoms with van der Waals surface area (Å²) in [6.45, 7) is 7.08. The van der Waals surface area contributed by atoms with Crippen LogP contribution in [0.3, 0.4) is 0 Å². The van der Waals surface area contributed by atoms with Crippen molar-refractivity contribution < 1.29 is 9.47 Å². The number of nitrogens with one attached hydrogen (secondary N) is 1. The van der Waals surface area contributed by atoms with Gasteiger partial charge < -0.3 is 14.8 Å². The van der Waals surface area contributed by atoms with Crippen LogP contribution in [0.15, 0.2) is 18.5 Å². The van der Waals surface area contributed by atoms with E-state index in [4.69, 9.17) is 9.47 Å². The van der Waals surface area contributed by atoms with E-state index in [1.807, 2.05) is 27.2 Å². The molecule has 0 bridgehead atoms. The van der Waals surface area contributed by atoms with Crippen LogP contribution in [-0.2, 0) is 4.74 Å². The zero-order valence-corrected chi connectivity index (χ0v) is 13.0. The summed E-state index contributed by atoms with van der Waals surface area (Å²) in [7, 11) is 1.81. The molecule has 1 aliphatic rings. The Morgan fingerprint density at radius 1 is 1.35 bits per heavy atom. The lowest BCUT2D eigenvalue weighted by atomic mass is 9.72. The van der Waals surface area contributed by atoms with Crippen molar-refractivity contribution in [3.05, 3.63) is 24.0 Å². The summed E-state index contributed by atoms with van der Waals surface area (Å²) < 4.78 is 11.6. The highest BCUT2D eigenvalue weighted by atomic mass is 16.5. The van der Waals surface area contributed by atoms with E-state index in [-0.39, 0.29) is 17.7 Å². The molecule has 1 unspecified atom stereocenters. The van der Waals surface area contributed by atoms with Gasteiger partial charge in [0.05, 0.1) is 23.9 Å². The predicted octanol–water partition coefficient (Wildman–Crippen LogP) is 3.09. The molecular weight excluding hydrogens is 252 g/mol. The molecule has 1 heterocycles. The molecule has 0 aliphatic heterocycles. The van der Waals surface area contributed by atoms with Gasteiger partial charge in [-0.25, -0.2) is 0 Å². The van der Waals surface area contributed by atoms with E-state index in [1.165, 1.54) is 6.42 Å². The maximum Gasteiger partial charge on any atom is 0.138 e. The van der Waals surface area contributed by atoms with E-state index in [0.29, 0.717) is 0 Å². The minimum absolute atomic E-state index is 0.0891. The van der Waals surface area contributed by atoms with Crippen LogP contribution < -0.4 is 10.1 Å². The Balaban J connectivity index is 2.25. The molecule has 20 heavy (non-hydrogen) atoms. The maximum absolute atomic E-state index is 5.83. The molecule has 112 valence electrons. The molecule has 4 nitrogen and oxygen atoms in total. The van der Waals surface area contributed by atoms with Crippen LogP contribution in [0.25, 0.3) is 0 Å². The maximum atomic E-state index is 5.83. The lowest BCUT2D eigenvalue weighted by Gasteiger charge is -2.47. The smallest absolute Gasteiger partial charge is 0.138 e. The van der Waals surface area contributed by atoms with Crippen LogP contribution >= 0.6 is 0 Å². The monoisotopic (exact) mass is 278 g/mol. The first-order chi connectivity index (χ1) is 9.61. The number of ether oxygens (including phenoxy) is 2. The summed E-state index contributed by atoms with van der Waals surface area (Å²) in [4.78, 5) is 4.33. The van der Waals surface area contributed by atoms with Crippen LogP contribution in [0, 0.1) is 0 Å². The molecule has 0 spiro atoms. The van der Waals surface area contributed by atoms with Gasteiger partial charge in [-0.15, -0.1) is 0 Å². The second-order valence-electron chi connectivity index (χ2n) is 5.73. The first-order valence-corrected chi connectivity index (χ1v) is 7.51. The van der Waals surface area contributed by atoms with Crippen molar-refractivity contribution in [1.82, 2.24) is 10.3 Å². The molecule has 4 heteroatoms. The number of pyridine rings is 1. The van der Waals surface area contributed by atoms with Crippen LogP contribution in [0.5, 0.6) is 5.75 Å². The van der Waals surface area contributed by atoms with Crippen LogP contribution in [0.2, 0.25) is 0 Å². The van der Waals surface area contributed by atoms with Gasteiger partial charge >= 0.3 is 0 Å². The third kappa shape index (κ3) is 3.13. The van der Waals surface area contributed by atoms with Crippen molar-refractivity contribution in [3.63, 3.8) is 0 Å². The first kappa shape index (κ1) is 15.3. The van der Waals surface area contributed by atoms with E-state index >= 15 is 0 Å². The summed E-state index contributed by atoms with van der Waals surface area (Å²) >= 11 is 0. The quantitative estimate of drug-likeness (QED) is 0.832. The number of hydrogen-bond acceptors (Lipinski definition) is 4. The minimum Gasteiger partial charge on any atom is -0.489 e. The average molecular weight is 278 g/mol. The SMILES string of the molecule is CCNC(c1cncc(OC(C)C)c1)C1(OC)CCC1. The van der Waals surface area contributed by atoms with Crippen molar-refractivity contribution in [1.29, 1.82) is 0 Å². The van der Waals surface area contributed by atoms with Gasteiger partial charge in [-0.2, -0.15) is 0 Å². The molecular formula is C16H26N2O2. The number of likely N-dealkylation sites (N-methyl/N-ethyl adjacent to an activating group) is 1. The third-order valence-corrected chi connectivity index (χ3v) is 3.98. The van der Waals surface area contributed by atoms with Crippen molar-refractivity contribution in [2.24, 2.45) is 0 Å². The van der Waals surface area contributed by atoms with Gasteiger partial charge in [0.2, 0.25) is 0 Å². The lowest BCUT2D eigenvalue weighted by molar-refractivity contribution is -0.0996. The molecule has 0 saturated heterocycles. The van der Waals surface area contributed by atoms with Gasteiger partial charge in [0.15, 0.2) is 0 Å². The average Bonchev–Trinajstić information content (AvgIpc) is 2.36. The molecule has 1 fully saturated rings. The van der Waals surface area contributed by atoms with Gasteiger partial charge in [0.25, 0.3) is 0 Å². The molecule has 1 aliphatic carbocycles. The Hall–Kier alpha value is -1.13. The molecule has 1 aromatic heterocycles. The molecule has 0 radical (unpaired) electrons. The van der Waals surface area contributed by atoms with Gasteiger partial charge in [-0.1, -0.05) is 6.92 Å². The van der Waals surface area contributed by atoms with Crippen molar-refractivity contribution in [2.75, 3.05) is 13.7 Å². The lowest BCUT2D eigenvalue weighted by Crippen LogP contribution is -2.50. The van der Waals surface area contributed by atoms with E-state index in [0.717, 1.165) is 30.7 Å². The van der Waals surface area contributed by atoms with Crippen molar-refractivity contribution in [2.45, 2.75) is 57.8 Å². The third-order valence-electron chi connectivity index (χ3n) is 3.98. The Kier molecular flexibility index (Phi) is 5.00. The molecule has 0 amide bonds. The zero-order chi connectivity index (χ0) is 14.6. The van der Waals surface area contributed by atoms with Crippen molar-refractivity contribution >= 4 is 0 Å². The Labute approximate surface area is 121 Å². The molecule has 1 saturated carbocycles. The van der Waals surface area contributed by atoms with E-state index < -0.39 is 0 Å². The highest BCUT2D eigenvalue weighted by Crippen LogP contribution is 2.45. The molecule has 1 aromatic rings. The minimum atomic E-state index is -0.0891. The van der Waals surface area contributed by atoms with Gasteiger partial charge in [-0.3, -0.25) is 4.98 Å². The van der Waals surface area contributed by atoms with Crippen LogP contribution in [0.4, 0.5) is 0 Å². The highest BCUT2D eigenvalue weighted by Gasteiger charge is 2.45. The number of rotatable bonds is 7. The first-order valence-electron chi connectivity index (χ1n) is 7.51. The Morgan fingerprint density at radius 3 is 2.60 bits per heavy atom. The van der Waals surface area contributed by atoms with Crippen LogP contribution in [-0.4, -0.2) is 30.3 Å². The second-order valence-corrected chi connectivity index (χ2v) is 5.73. The number of aromatic nitrogens is 1. The van der Waals surface area contributed by atoms with Gasteiger partial charge in [0.1, 0.15) is 5.75 Å². The fourth-order valence-corrected chi connectivity index (χ4v) is 2.88. The topological polar surface area (TPSA) is 43.4 Å². The molecule has 2 rings (SSSR count). The fraction of sp³-hybridized carbons (Fsp3) is 0.688. The highest BCUT2D eigenvalue weighted by molar-refractivity contribution is 5.29. The predicted molar refractivity (Wildman–Crippen MR) is 80.0 cm³/mol. The summed E-state index contributed by atoms with van der Waals surface area (Å²) in [6.07, 6.45) is 7.26. The largest absolute Gasteiger partial charge is 0.489 e. The number of hydrogen-bond donors (Lipinski definition) is 1. The summed E-state index contributed by atoms with van der Waals surface area (Å²) in [5, 5.41) is 3.55. The van der Waals surface area contributed by atoms with E-state index in [9.17, 15) is 0 Å².